The van der Waals surface area contributed by atoms with Gasteiger partial charge in [-0.3, -0.25) is 4.99 Å². The van der Waals surface area contributed by atoms with Crippen molar-refractivity contribution < 1.29 is 0 Å². The second kappa shape index (κ2) is 15.2. The van der Waals surface area contributed by atoms with Crippen LogP contribution < -0.4 is 0 Å². The molecule has 3 nitrogen and oxygen atoms in total. The van der Waals surface area contributed by atoms with Crippen molar-refractivity contribution in [1.29, 1.82) is 0 Å². The first-order valence-corrected chi connectivity index (χ1v) is 22.1. The van der Waals surface area contributed by atoms with Crippen molar-refractivity contribution in [2.45, 2.75) is 19.4 Å². The van der Waals surface area contributed by atoms with Gasteiger partial charge in [0.05, 0.1) is 22.8 Å². The van der Waals surface area contributed by atoms with E-state index in [2.05, 4.69) is 230 Å². The maximum absolute atomic E-state index is 5.52. The molecule has 0 bridgehead atoms. The van der Waals surface area contributed by atoms with Crippen molar-refractivity contribution in [3.05, 3.63) is 235 Å². The van der Waals surface area contributed by atoms with Crippen LogP contribution in [0.2, 0.25) is 0 Å². The van der Waals surface area contributed by atoms with Gasteiger partial charge in [0.15, 0.2) is 5.84 Å². The third-order valence-corrected chi connectivity index (χ3v) is 13.2. The molecule has 1 aliphatic heterocycles. The number of nitrogens with zero attached hydrogens (tertiary/aromatic N) is 3. The summed E-state index contributed by atoms with van der Waals surface area (Å²) in [6.45, 7) is 2.26. The molecule has 10 aromatic carbocycles. The molecule has 0 N–H and O–H groups in total. The average molecular weight is 806 g/mol. The van der Waals surface area contributed by atoms with Crippen molar-refractivity contribution in [1.82, 2.24) is 4.57 Å². The summed E-state index contributed by atoms with van der Waals surface area (Å²) in [5.74, 6) is 0.934. The number of hydrogen-bond acceptors (Lipinski definition) is 2. The van der Waals surface area contributed by atoms with E-state index in [1.807, 2.05) is 0 Å². The van der Waals surface area contributed by atoms with Crippen LogP contribution in [-0.2, 0) is 0 Å². The van der Waals surface area contributed by atoms with Crippen LogP contribution in [0.5, 0.6) is 0 Å². The lowest BCUT2D eigenvalue weighted by Gasteiger charge is -2.30. The molecule has 2 unspecified atom stereocenters. The van der Waals surface area contributed by atoms with Gasteiger partial charge < -0.3 is 4.57 Å². The molecule has 0 saturated heterocycles. The normalized spacial score (nSPS) is 15.3. The maximum atomic E-state index is 5.52. The molecule has 0 saturated carbocycles. The summed E-state index contributed by atoms with van der Waals surface area (Å²) in [6.07, 6.45) is 0.936. The predicted molar refractivity (Wildman–Crippen MR) is 267 cm³/mol. The smallest absolute Gasteiger partial charge is 0.155 e. The molecule has 0 fully saturated rings. The van der Waals surface area contributed by atoms with Crippen LogP contribution >= 0.6 is 0 Å². The van der Waals surface area contributed by atoms with E-state index in [0.717, 1.165) is 34.8 Å². The molecule has 12 rings (SSSR count). The topological polar surface area (TPSA) is 29.6 Å². The largest absolute Gasteiger partial charge is 0.309 e. The number of aliphatic imine (C=N–C) groups is 2. The zero-order valence-electron chi connectivity index (χ0n) is 35.0. The molecule has 3 heteroatoms. The average Bonchev–Trinajstić information content (AvgIpc) is 3.70. The van der Waals surface area contributed by atoms with Gasteiger partial charge in [-0.25, -0.2) is 4.99 Å². The SMILES string of the molecule is CCC1C(c2ccccc2)=NC(c2ccc3c4ccccc4c4cccc(-c5ccc6c(c5)c5ccccc5n6-c5ccc(-c6ccccc6)cc5)c4c3c2)=NC1c1ccccc1. The number of para-hydroxylation sites is 1. The van der Waals surface area contributed by atoms with Crippen LogP contribution in [0.15, 0.2) is 228 Å². The minimum absolute atomic E-state index is 0.0471. The molecule has 1 aromatic heterocycles. The van der Waals surface area contributed by atoms with Crippen molar-refractivity contribution in [2.75, 3.05) is 0 Å². The molecule has 0 spiro atoms. The Kier molecular flexibility index (Phi) is 8.93. The summed E-state index contributed by atoms with van der Waals surface area (Å²) < 4.78 is 2.41. The Morgan fingerprint density at radius 2 is 0.968 bits per heavy atom. The van der Waals surface area contributed by atoms with Crippen molar-refractivity contribution in [3.63, 3.8) is 0 Å². The third kappa shape index (κ3) is 6.19. The molecule has 1 aliphatic rings. The second-order valence-corrected chi connectivity index (χ2v) is 16.7. The summed E-state index contributed by atoms with van der Waals surface area (Å²) in [6, 6.07) is 79.3. The van der Waals surface area contributed by atoms with Crippen LogP contribution in [-0.4, -0.2) is 16.1 Å². The molecule has 2 heterocycles. The van der Waals surface area contributed by atoms with Gasteiger partial charge in [0, 0.05) is 27.9 Å². The molecule has 0 aliphatic carbocycles. The molecular weight excluding hydrogens is 763 g/mol. The summed E-state index contributed by atoms with van der Waals surface area (Å²) in [5.41, 5.74) is 12.8. The van der Waals surface area contributed by atoms with Gasteiger partial charge in [-0.2, -0.15) is 0 Å². The fourth-order valence-corrected chi connectivity index (χ4v) is 10.2. The third-order valence-electron chi connectivity index (χ3n) is 13.2. The Bertz CT molecular complexity index is 3580. The second-order valence-electron chi connectivity index (χ2n) is 16.7. The highest BCUT2D eigenvalue weighted by molar-refractivity contribution is 6.29. The van der Waals surface area contributed by atoms with Gasteiger partial charge in [0.25, 0.3) is 0 Å². The molecule has 2 atom stereocenters. The fourth-order valence-electron chi connectivity index (χ4n) is 10.2. The fraction of sp³-hybridized carbons (Fsp3) is 0.0667. The Morgan fingerprint density at radius 1 is 0.413 bits per heavy atom. The predicted octanol–water partition coefficient (Wildman–Crippen LogP) is 15.6. The highest BCUT2D eigenvalue weighted by Gasteiger charge is 2.32. The van der Waals surface area contributed by atoms with E-state index in [-0.39, 0.29) is 12.0 Å². The van der Waals surface area contributed by atoms with E-state index in [1.165, 1.54) is 81.9 Å². The maximum Gasteiger partial charge on any atom is 0.155 e. The Balaban J connectivity index is 1.06. The molecular formula is C60H43N3. The van der Waals surface area contributed by atoms with E-state index in [4.69, 9.17) is 9.98 Å². The first-order chi connectivity index (χ1) is 31.2. The van der Waals surface area contributed by atoms with E-state index in [0.29, 0.717) is 0 Å². The van der Waals surface area contributed by atoms with Gasteiger partial charge in [-0.1, -0.05) is 189 Å². The minimum Gasteiger partial charge on any atom is -0.309 e. The van der Waals surface area contributed by atoms with Crippen LogP contribution in [0.4, 0.5) is 0 Å². The molecule has 298 valence electrons. The summed E-state index contributed by atoms with van der Waals surface area (Å²) >= 11 is 0. The molecule has 63 heavy (non-hydrogen) atoms. The lowest BCUT2D eigenvalue weighted by atomic mass is 9.83. The molecule has 11 aromatic rings. The van der Waals surface area contributed by atoms with Crippen molar-refractivity contribution in [2.24, 2.45) is 15.9 Å². The molecule has 0 radical (unpaired) electrons. The number of amidine groups is 1. The zero-order chi connectivity index (χ0) is 41.9. The highest BCUT2D eigenvalue weighted by atomic mass is 15.0. The summed E-state index contributed by atoms with van der Waals surface area (Å²) in [5, 5.41) is 9.86. The number of benzene rings is 10. The first-order valence-electron chi connectivity index (χ1n) is 22.1. The Hall–Kier alpha value is -7.88. The van der Waals surface area contributed by atoms with E-state index in [9.17, 15) is 0 Å². The monoisotopic (exact) mass is 805 g/mol. The lowest BCUT2D eigenvalue weighted by molar-refractivity contribution is 0.532. The Morgan fingerprint density at radius 3 is 1.71 bits per heavy atom. The van der Waals surface area contributed by atoms with Gasteiger partial charge in [-0.05, 0) is 109 Å². The van der Waals surface area contributed by atoms with E-state index < -0.39 is 0 Å². The summed E-state index contributed by atoms with van der Waals surface area (Å²) in [4.78, 5) is 11.0. The quantitative estimate of drug-likeness (QED) is 0.144. The summed E-state index contributed by atoms with van der Waals surface area (Å²) in [7, 11) is 0. The van der Waals surface area contributed by atoms with Crippen LogP contribution in [0.3, 0.4) is 0 Å². The van der Waals surface area contributed by atoms with Gasteiger partial charge in [-0.15, -0.1) is 0 Å². The number of aromatic nitrogens is 1. The number of fused-ring (bicyclic) bond motifs is 9. The van der Waals surface area contributed by atoms with Gasteiger partial charge in [0.1, 0.15) is 0 Å². The van der Waals surface area contributed by atoms with Crippen molar-refractivity contribution >= 4 is 65.7 Å². The standard InChI is InChI=1S/C60H43N3/c1-2-46-58(41-19-8-4-9-20-41)61-60(62-59(46)42-21-10-5-11-22-42)44-31-35-50-48-23-12-13-24-49(48)52-27-16-26-47(57(52)54(50)38-44)43-32-36-56-53(37-43)51-25-14-15-28-55(51)63(56)45-33-29-40(30-34-45)39-17-6-3-7-18-39/h3-38,46,58H,2H2,1H3. The van der Waals surface area contributed by atoms with Crippen LogP contribution in [0.25, 0.3) is 82.1 Å². The molecule has 0 amide bonds. The number of hydrogen-bond donors (Lipinski definition) is 0. The van der Waals surface area contributed by atoms with Crippen molar-refractivity contribution in [3.8, 4) is 27.9 Å². The van der Waals surface area contributed by atoms with Gasteiger partial charge in [0.2, 0.25) is 0 Å². The van der Waals surface area contributed by atoms with E-state index >= 15 is 0 Å². The van der Waals surface area contributed by atoms with Crippen LogP contribution in [0.1, 0.15) is 36.1 Å². The Labute approximate surface area is 367 Å². The lowest BCUT2D eigenvalue weighted by Crippen LogP contribution is -2.28. The van der Waals surface area contributed by atoms with Crippen LogP contribution in [0, 0.1) is 5.92 Å². The van der Waals surface area contributed by atoms with E-state index in [1.54, 1.807) is 0 Å². The van der Waals surface area contributed by atoms with Gasteiger partial charge >= 0.3 is 0 Å². The first kappa shape index (κ1) is 36.9. The minimum atomic E-state index is -0.0471. The highest BCUT2D eigenvalue weighted by Crippen LogP contribution is 2.43. The zero-order valence-corrected chi connectivity index (χ0v) is 35.0. The number of rotatable bonds is 7.